The van der Waals surface area contributed by atoms with E-state index in [1.54, 1.807) is 12.3 Å². The highest BCUT2D eigenvalue weighted by Crippen LogP contribution is 2.24. The smallest absolute Gasteiger partial charge is 0.203 e. The average Bonchev–Trinajstić information content (AvgIpc) is 3.11. The number of ether oxygens (including phenoxy) is 1. The Bertz CT molecular complexity index is 849. The Morgan fingerprint density at radius 1 is 1.24 bits per heavy atom. The fourth-order valence-electron chi connectivity index (χ4n) is 2.18. The van der Waals surface area contributed by atoms with Crippen LogP contribution in [-0.4, -0.2) is 17.8 Å². The number of thiazole rings is 1. The van der Waals surface area contributed by atoms with Gasteiger partial charge in [-0.2, -0.15) is 5.10 Å². The molecule has 0 aliphatic heterocycles. The van der Waals surface area contributed by atoms with Crippen molar-refractivity contribution in [3.05, 3.63) is 65.3 Å². The second-order valence-electron chi connectivity index (χ2n) is 5.30. The van der Waals surface area contributed by atoms with E-state index < -0.39 is 0 Å². The van der Waals surface area contributed by atoms with Crippen molar-refractivity contribution in [1.29, 1.82) is 0 Å². The van der Waals surface area contributed by atoms with Crippen LogP contribution in [0.2, 0.25) is 0 Å². The lowest BCUT2D eigenvalue weighted by Crippen LogP contribution is -2.00. The van der Waals surface area contributed by atoms with Gasteiger partial charge in [0.25, 0.3) is 0 Å². The van der Waals surface area contributed by atoms with Gasteiger partial charge < -0.3 is 4.74 Å². The van der Waals surface area contributed by atoms with E-state index in [4.69, 9.17) is 4.74 Å². The van der Waals surface area contributed by atoms with Gasteiger partial charge in [-0.25, -0.2) is 9.37 Å². The van der Waals surface area contributed by atoms with Crippen LogP contribution in [0.5, 0.6) is 5.75 Å². The summed E-state index contributed by atoms with van der Waals surface area (Å²) in [6, 6.07) is 14.3. The second kappa shape index (κ2) is 8.39. The minimum atomic E-state index is -0.330. The first-order chi connectivity index (χ1) is 12.3. The highest BCUT2D eigenvalue weighted by Gasteiger charge is 2.05. The molecule has 0 bridgehead atoms. The Balaban J connectivity index is 1.69. The van der Waals surface area contributed by atoms with E-state index in [1.807, 2.05) is 42.6 Å². The fourth-order valence-corrected chi connectivity index (χ4v) is 2.84. The van der Waals surface area contributed by atoms with E-state index >= 15 is 0 Å². The molecule has 6 heteroatoms. The summed E-state index contributed by atoms with van der Waals surface area (Å²) in [5, 5.41) is 6.85. The zero-order chi connectivity index (χ0) is 17.5. The molecule has 4 nitrogen and oxygen atoms in total. The van der Waals surface area contributed by atoms with E-state index in [0.29, 0.717) is 23.1 Å². The third-order valence-corrected chi connectivity index (χ3v) is 4.12. The van der Waals surface area contributed by atoms with Gasteiger partial charge in [0.1, 0.15) is 11.6 Å². The topological polar surface area (TPSA) is 46.5 Å². The molecule has 0 aliphatic rings. The van der Waals surface area contributed by atoms with Crippen LogP contribution < -0.4 is 10.2 Å². The number of aromatic nitrogens is 1. The van der Waals surface area contributed by atoms with Crippen molar-refractivity contribution in [1.82, 2.24) is 4.98 Å². The summed E-state index contributed by atoms with van der Waals surface area (Å²) in [5.41, 5.74) is 5.58. The summed E-state index contributed by atoms with van der Waals surface area (Å²) in [6.45, 7) is 2.53. The molecule has 1 N–H and O–H groups in total. The molecule has 1 aromatic heterocycles. The highest BCUT2D eigenvalue weighted by atomic mass is 32.1. The van der Waals surface area contributed by atoms with E-state index in [-0.39, 0.29) is 5.82 Å². The molecule has 1 heterocycles. The van der Waals surface area contributed by atoms with Crippen molar-refractivity contribution < 1.29 is 9.13 Å². The first-order valence-electron chi connectivity index (χ1n) is 7.98. The zero-order valence-electron chi connectivity index (χ0n) is 13.8. The van der Waals surface area contributed by atoms with Gasteiger partial charge in [0.2, 0.25) is 5.13 Å². The van der Waals surface area contributed by atoms with Crippen LogP contribution >= 0.6 is 11.3 Å². The summed E-state index contributed by atoms with van der Waals surface area (Å²) >= 11 is 1.47. The van der Waals surface area contributed by atoms with Gasteiger partial charge in [-0.05, 0) is 18.6 Å². The van der Waals surface area contributed by atoms with E-state index in [0.717, 1.165) is 17.7 Å². The molecule has 2 aromatic carbocycles. The average molecular weight is 355 g/mol. The first kappa shape index (κ1) is 17.1. The second-order valence-corrected chi connectivity index (χ2v) is 6.16. The van der Waals surface area contributed by atoms with Gasteiger partial charge in [-0.1, -0.05) is 37.3 Å². The lowest BCUT2D eigenvalue weighted by atomic mass is 10.2. The molecule has 0 saturated heterocycles. The van der Waals surface area contributed by atoms with Gasteiger partial charge in [0.05, 0.1) is 18.5 Å². The number of benzene rings is 2. The number of halogens is 1. The van der Waals surface area contributed by atoms with Crippen molar-refractivity contribution in [3.63, 3.8) is 0 Å². The quantitative estimate of drug-likeness (QED) is 0.469. The van der Waals surface area contributed by atoms with Gasteiger partial charge in [0, 0.05) is 22.6 Å². The van der Waals surface area contributed by atoms with E-state index in [1.165, 1.54) is 23.5 Å². The largest absolute Gasteiger partial charge is 0.493 e. The van der Waals surface area contributed by atoms with Crippen LogP contribution in [0.1, 0.15) is 18.9 Å². The number of anilines is 1. The van der Waals surface area contributed by atoms with Gasteiger partial charge in [-0.3, -0.25) is 5.43 Å². The summed E-state index contributed by atoms with van der Waals surface area (Å²) in [5.74, 6) is 0.153. The van der Waals surface area contributed by atoms with Crippen LogP contribution in [0.4, 0.5) is 9.52 Å². The lowest BCUT2D eigenvalue weighted by molar-refractivity contribution is 0.315. The van der Waals surface area contributed by atoms with Crippen molar-refractivity contribution in [3.8, 4) is 17.0 Å². The van der Waals surface area contributed by atoms with Gasteiger partial charge in [-0.15, -0.1) is 11.3 Å². The Morgan fingerprint density at radius 3 is 2.88 bits per heavy atom. The number of hydrazone groups is 1. The van der Waals surface area contributed by atoms with Crippen LogP contribution in [0.3, 0.4) is 0 Å². The molecular formula is C19H18FN3OS. The maximum Gasteiger partial charge on any atom is 0.203 e. The molecule has 3 rings (SSSR count). The Morgan fingerprint density at radius 2 is 2.08 bits per heavy atom. The predicted octanol–water partition coefficient (Wildman–Crippen LogP) is 5.18. The van der Waals surface area contributed by atoms with Gasteiger partial charge >= 0.3 is 0 Å². The fraction of sp³-hybridized carbons (Fsp3) is 0.158. The zero-order valence-corrected chi connectivity index (χ0v) is 14.6. The van der Waals surface area contributed by atoms with Crippen molar-refractivity contribution in [2.45, 2.75) is 13.3 Å². The standard InChI is InChI=1S/C19H18FN3OS/c1-2-10-24-18-11-16(20)9-8-15(18)12-21-23-19-22-17(13-25-19)14-6-4-3-5-7-14/h3-9,11-13H,2,10H2,1H3,(H,22,23). The SMILES string of the molecule is CCCOc1cc(F)ccc1C=NNc1nc(-c2ccccc2)cs1. The van der Waals surface area contributed by atoms with E-state index in [2.05, 4.69) is 15.5 Å². The molecular weight excluding hydrogens is 337 g/mol. The van der Waals surface area contributed by atoms with Crippen molar-refractivity contribution >= 4 is 22.7 Å². The number of hydrogen-bond donors (Lipinski definition) is 1. The summed E-state index contributed by atoms with van der Waals surface area (Å²) < 4.78 is 18.9. The van der Waals surface area contributed by atoms with Gasteiger partial charge in [0.15, 0.2) is 0 Å². The molecule has 0 atom stereocenters. The summed E-state index contributed by atoms with van der Waals surface area (Å²) in [4.78, 5) is 4.50. The van der Waals surface area contributed by atoms with E-state index in [9.17, 15) is 4.39 Å². The monoisotopic (exact) mass is 355 g/mol. The highest BCUT2D eigenvalue weighted by molar-refractivity contribution is 7.14. The Kier molecular flexibility index (Phi) is 5.74. The third-order valence-electron chi connectivity index (χ3n) is 3.37. The molecule has 0 spiro atoms. The minimum Gasteiger partial charge on any atom is -0.493 e. The minimum absolute atomic E-state index is 0.330. The molecule has 0 saturated carbocycles. The van der Waals surface area contributed by atoms with Crippen molar-refractivity contribution in [2.75, 3.05) is 12.0 Å². The van der Waals surface area contributed by atoms with Crippen LogP contribution in [0.15, 0.2) is 59.0 Å². The molecule has 0 radical (unpaired) electrons. The Labute approximate surface area is 150 Å². The maximum absolute atomic E-state index is 13.4. The number of hydrogen-bond acceptors (Lipinski definition) is 5. The number of nitrogens with zero attached hydrogens (tertiary/aromatic N) is 2. The van der Waals surface area contributed by atoms with Crippen LogP contribution in [0.25, 0.3) is 11.3 Å². The molecule has 3 aromatic rings. The molecule has 128 valence electrons. The molecule has 0 aliphatic carbocycles. The third kappa shape index (κ3) is 4.64. The molecule has 0 amide bonds. The predicted molar refractivity (Wildman–Crippen MR) is 101 cm³/mol. The van der Waals surface area contributed by atoms with Crippen LogP contribution in [-0.2, 0) is 0 Å². The Hall–Kier alpha value is -2.73. The lowest BCUT2D eigenvalue weighted by Gasteiger charge is -2.07. The van der Waals surface area contributed by atoms with Crippen molar-refractivity contribution in [2.24, 2.45) is 5.10 Å². The normalized spacial score (nSPS) is 11.0. The molecule has 0 unspecified atom stereocenters. The molecule has 0 fully saturated rings. The number of rotatable bonds is 7. The summed E-state index contributed by atoms with van der Waals surface area (Å²) in [7, 11) is 0. The summed E-state index contributed by atoms with van der Waals surface area (Å²) in [6.07, 6.45) is 2.46. The first-order valence-corrected chi connectivity index (χ1v) is 8.86. The maximum atomic E-state index is 13.4. The van der Waals surface area contributed by atoms with Crippen LogP contribution in [0, 0.1) is 5.82 Å². The number of nitrogens with one attached hydrogen (secondary N) is 1. The molecule has 25 heavy (non-hydrogen) atoms.